The van der Waals surface area contributed by atoms with Crippen molar-refractivity contribution in [2.24, 2.45) is 5.92 Å². The fourth-order valence-electron chi connectivity index (χ4n) is 2.18. The van der Waals surface area contributed by atoms with Crippen LogP contribution in [0.2, 0.25) is 0 Å². The molecular formula is C13H26N2O2. The summed E-state index contributed by atoms with van der Waals surface area (Å²) < 4.78 is 4.95. The van der Waals surface area contributed by atoms with Gasteiger partial charge in [-0.05, 0) is 45.8 Å². The van der Waals surface area contributed by atoms with E-state index in [9.17, 15) is 4.79 Å². The second kappa shape index (κ2) is 6.97. The Labute approximate surface area is 105 Å². The Morgan fingerprint density at radius 1 is 1.29 bits per heavy atom. The SMILES string of the molecule is CCCN(CCN(C)C)C(C(=O)OC)C1CC1. The van der Waals surface area contributed by atoms with Crippen LogP contribution >= 0.6 is 0 Å². The Hall–Kier alpha value is -0.610. The summed E-state index contributed by atoms with van der Waals surface area (Å²) in [4.78, 5) is 16.3. The Balaban J connectivity index is 2.59. The first kappa shape index (κ1) is 14.5. The zero-order valence-electron chi connectivity index (χ0n) is 11.6. The lowest BCUT2D eigenvalue weighted by Gasteiger charge is -2.30. The average molecular weight is 242 g/mol. The predicted octanol–water partition coefficient (Wildman–Crippen LogP) is 1.21. The molecule has 0 radical (unpaired) electrons. The molecule has 0 heterocycles. The molecule has 1 aliphatic rings. The van der Waals surface area contributed by atoms with Crippen LogP contribution in [0.3, 0.4) is 0 Å². The van der Waals surface area contributed by atoms with Crippen LogP contribution in [0.1, 0.15) is 26.2 Å². The molecule has 100 valence electrons. The first-order valence-electron chi connectivity index (χ1n) is 6.56. The maximum Gasteiger partial charge on any atom is 0.323 e. The number of hydrogen-bond acceptors (Lipinski definition) is 4. The molecule has 0 aromatic heterocycles. The van der Waals surface area contributed by atoms with Crippen LogP contribution in [0, 0.1) is 5.92 Å². The standard InChI is InChI=1S/C13H26N2O2/c1-5-8-15(10-9-14(2)3)12(11-6-7-11)13(16)17-4/h11-12H,5-10H2,1-4H3. The van der Waals surface area contributed by atoms with Gasteiger partial charge < -0.3 is 9.64 Å². The van der Waals surface area contributed by atoms with Crippen molar-refractivity contribution >= 4 is 5.97 Å². The number of carbonyl (C=O) groups is 1. The van der Waals surface area contributed by atoms with Crippen LogP contribution in [0.5, 0.6) is 0 Å². The van der Waals surface area contributed by atoms with Gasteiger partial charge >= 0.3 is 5.97 Å². The van der Waals surface area contributed by atoms with Crippen molar-refractivity contribution < 1.29 is 9.53 Å². The smallest absolute Gasteiger partial charge is 0.323 e. The van der Waals surface area contributed by atoms with Gasteiger partial charge in [-0.3, -0.25) is 9.69 Å². The highest BCUT2D eigenvalue weighted by atomic mass is 16.5. The second-order valence-electron chi connectivity index (χ2n) is 5.14. The molecule has 1 aliphatic carbocycles. The van der Waals surface area contributed by atoms with Crippen LogP contribution < -0.4 is 0 Å². The zero-order chi connectivity index (χ0) is 12.8. The van der Waals surface area contributed by atoms with E-state index in [-0.39, 0.29) is 12.0 Å². The van der Waals surface area contributed by atoms with Gasteiger partial charge in [0.25, 0.3) is 0 Å². The molecule has 1 atom stereocenters. The molecule has 4 heteroatoms. The molecule has 0 bridgehead atoms. The number of carbonyl (C=O) groups excluding carboxylic acids is 1. The van der Waals surface area contributed by atoms with Crippen LogP contribution in [0.25, 0.3) is 0 Å². The highest BCUT2D eigenvalue weighted by Crippen LogP contribution is 2.36. The van der Waals surface area contributed by atoms with Crippen molar-refractivity contribution in [3.63, 3.8) is 0 Å². The molecule has 1 rings (SSSR count). The summed E-state index contributed by atoms with van der Waals surface area (Å²) in [6.45, 7) is 5.06. The van der Waals surface area contributed by atoms with E-state index in [0.29, 0.717) is 5.92 Å². The molecular weight excluding hydrogens is 216 g/mol. The maximum atomic E-state index is 11.9. The lowest BCUT2D eigenvalue weighted by Crippen LogP contribution is -2.46. The summed E-state index contributed by atoms with van der Waals surface area (Å²) in [7, 11) is 5.62. The van der Waals surface area contributed by atoms with Crippen molar-refractivity contribution in [3.05, 3.63) is 0 Å². The molecule has 1 unspecified atom stereocenters. The number of likely N-dealkylation sites (N-methyl/N-ethyl adjacent to an activating group) is 1. The monoisotopic (exact) mass is 242 g/mol. The van der Waals surface area contributed by atoms with Gasteiger partial charge in [0.05, 0.1) is 7.11 Å². The first-order chi connectivity index (χ1) is 8.10. The number of nitrogens with zero attached hydrogens (tertiary/aromatic N) is 2. The largest absolute Gasteiger partial charge is 0.468 e. The van der Waals surface area contributed by atoms with Gasteiger partial charge in [0.2, 0.25) is 0 Å². The quantitative estimate of drug-likeness (QED) is 0.599. The van der Waals surface area contributed by atoms with Crippen molar-refractivity contribution in [1.82, 2.24) is 9.80 Å². The fourth-order valence-corrected chi connectivity index (χ4v) is 2.18. The predicted molar refractivity (Wildman–Crippen MR) is 68.9 cm³/mol. The van der Waals surface area contributed by atoms with E-state index in [1.54, 1.807) is 0 Å². The number of ether oxygens (including phenoxy) is 1. The zero-order valence-corrected chi connectivity index (χ0v) is 11.6. The number of esters is 1. The van der Waals surface area contributed by atoms with Crippen LogP contribution in [0.4, 0.5) is 0 Å². The third-order valence-electron chi connectivity index (χ3n) is 3.25. The Morgan fingerprint density at radius 3 is 2.35 bits per heavy atom. The lowest BCUT2D eigenvalue weighted by atomic mass is 10.1. The Morgan fingerprint density at radius 2 is 1.94 bits per heavy atom. The van der Waals surface area contributed by atoms with Gasteiger partial charge in [0.1, 0.15) is 6.04 Å². The third kappa shape index (κ3) is 4.64. The fraction of sp³-hybridized carbons (Fsp3) is 0.923. The number of hydrogen-bond donors (Lipinski definition) is 0. The summed E-state index contributed by atoms with van der Waals surface area (Å²) in [5, 5.41) is 0. The Kier molecular flexibility index (Phi) is 5.92. The molecule has 0 aromatic carbocycles. The third-order valence-corrected chi connectivity index (χ3v) is 3.25. The summed E-state index contributed by atoms with van der Waals surface area (Å²) in [6, 6.07) is -0.0140. The van der Waals surface area contributed by atoms with Crippen LogP contribution in [-0.2, 0) is 9.53 Å². The van der Waals surface area contributed by atoms with Crippen LogP contribution in [0.15, 0.2) is 0 Å². The molecule has 0 N–H and O–H groups in total. The van der Waals surface area contributed by atoms with Crippen molar-refractivity contribution in [3.8, 4) is 0 Å². The van der Waals surface area contributed by atoms with E-state index in [2.05, 4.69) is 30.8 Å². The molecule has 0 saturated heterocycles. The van der Waals surface area contributed by atoms with Crippen molar-refractivity contribution in [2.45, 2.75) is 32.2 Å². The minimum atomic E-state index is -0.0558. The van der Waals surface area contributed by atoms with E-state index in [1.165, 1.54) is 20.0 Å². The number of rotatable bonds is 8. The van der Waals surface area contributed by atoms with Crippen molar-refractivity contribution in [2.75, 3.05) is 40.8 Å². The molecule has 1 fully saturated rings. The molecule has 0 aliphatic heterocycles. The summed E-state index contributed by atoms with van der Waals surface area (Å²) in [5.41, 5.74) is 0. The van der Waals surface area contributed by atoms with Gasteiger partial charge in [0, 0.05) is 13.1 Å². The molecule has 0 spiro atoms. The Bertz CT molecular complexity index is 240. The highest BCUT2D eigenvalue weighted by Gasteiger charge is 2.40. The van der Waals surface area contributed by atoms with E-state index in [1.807, 2.05) is 0 Å². The molecule has 0 amide bonds. The molecule has 1 saturated carbocycles. The molecule has 17 heavy (non-hydrogen) atoms. The van der Waals surface area contributed by atoms with Gasteiger partial charge in [-0.1, -0.05) is 6.92 Å². The maximum absolute atomic E-state index is 11.9. The summed E-state index contributed by atoms with van der Waals surface area (Å²) >= 11 is 0. The number of methoxy groups -OCH3 is 1. The highest BCUT2D eigenvalue weighted by molar-refractivity contribution is 5.76. The van der Waals surface area contributed by atoms with Gasteiger partial charge in [-0.15, -0.1) is 0 Å². The topological polar surface area (TPSA) is 32.8 Å². The molecule has 4 nitrogen and oxygen atoms in total. The van der Waals surface area contributed by atoms with Crippen molar-refractivity contribution in [1.29, 1.82) is 0 Å². The van der Waals surface area contributed by atoms with E-state index in [4.69, 9.17) is 4.74 Å². The van der Waals surface area contributed by atoms with Gasteiger partial charge in [-0.25, -0.2) is 0 Å². The summed E-state index contributed by atoms with van der Waals surface area (Å²) in [5.74, 6) is 0.468. The minimum absolute atomic E-state index is 0.0140. The van der Waals surface area contributed by atoms with Crippen LogP contribution in [-0.4, -0.2) is 62.7 Å². The van der Waals surface area contributed by atoms with Gasteiger partial charge in [0.15, 0.2) is 0 Å². The minimum Gasteiger partial charge on any atom is -0.468 e. The first-order valence-corrected chi connectivity index (χ1v) is 6.56. The van der Waals surface area contributed by atoms with E-state index in [0.717, 1.165) is 26.1 Å². The summed E-state index contributed by atoms with van der Waals surface area (Å²) in [6.07, 6.45) is 3.41. The van der Waals surface area contributed by atoms with E-state index >= 15 is 0 Å². The lowest BCUT2D eigenvalue weighted by molar-refractivity contribution is -0.148. The van der Waals surface area contributed by atoms with E-state index < -0.39 is 0 Å². The van der Waals surface area contributed by atoms with Gasteiger partial charge in [-0.2, -0.15) is 0 Å². The normalized spacial score (nSPS) is 17.5. The molecule has 0 aromatic rings. The second-order valence-corrected chi connectivity index (χ2v) is 5.14. The average Bonchev–Trinajstić information content (AvgIpc) is 3.10.